The van der Waals surface area contributed by atoms with Gasteiger partial charge in [0, 0.05) is 29.9 Å². The van der Waals surface area contributed by atoms with Crippen LogP contribution in [-0.2, 0) is 6.54 Å². The molecule has 5 nitrogen and oxygen atoms in total. The van der Waals surface area contributed by atoms with Crippen LogP contribution in [0.5, 0.6) is 5.75 Å². The molecule has 1 aliphatic carbocycles. The van der Waals surface area contributed by atoms with Gasteiger partial charge in [-0.15, -0.1) is 0 Å². The van der Waals surface area contributed by atoms with Crippen molar-refractivity contribution in [1.82, 2.24) is 14.9 Å². The summed E-state index contributed by atoms with van der Waals surface area (Å²) >= 11 is 0. The summed E-state index contributed by atoms with van der Waals surface area (Å²) in [6.07, 6.45) is 3.81. The first-order valence-corrected chi connectivity index (χ1v) is 9.51. The zero-order valence-electron chi connectivity index (χ0n) is 16.1. The molecule has 0 unspecified atom stereocenters. The fourth-order valence-corrected chi connectivity index (χ4v) is 3.35. The van der Waals surface area contributed by atoms with Crippen molar-refractivity contribution in [2.45, 2.75) is 39.3 Å². The summed E-state index contributed by atoms with van der Waals surface area (Å²) in [6, 6.07) is 15.0. The smallest absolute Gasteiger partial charge is 0.254 e. The molecule has 142 valence electrons. The molecule has 5 heteroatoms. The van der Waals surface area contributed by atoms with Crippen LogP contribution in [-0.4, -0.2) is 31.9 Å². The highest BCUT2D eigenvalue weighted by molar-refractivity contribution is 5.95. The fourth-order valence-electron chi connectivity index (χ4n) is 3.35. The van der Waals surface area contributed by atoms with Crippen LogP contribution in [0.25, 0.3) is 11.3 Å². The number of aromatic nitrogens is 2. The third kappa shape index (κ3) is 3.88. The van der Waals surface area contributed by atoms with Crippen molar-refractivity contribution in [3.63, 3.8) is 0 Å². The molecule has 1 aromatic heterocycles. The molecule has 1 N–H and O–H groups in total. The van der Waals surface area contributed by atoms with Crippen molar-refractivity contribution in [3.8, 4) is 17.0 Å². The van der Waals surface area contributed by atoms with Gasteiger partial charge < -0.3 is 10.0 Å². The Labute approximate surface area is 164 Å². The van der Waals surface area contributed by atoms with Gasteiger partial charge in [-0.3, -0.25) is 9.78 Å². The fraction of sp³-hybridized carbons (Fsp3) is 0.261. The third-order valence-corrected chi connectivity index (χ3v) is 4.99. The topological polar surface area (TPSA) is 66.3 Å². The Balaban J connectivity index is 1.57. The van der Waals surface area contributed by atoms with Gasteiger partial charge in [-0.2, -0.15) is 0 Å². The lowest BCUT2D eigenvalue weighted by Crippen LogP contribution is -2.32. The lowest BCUT2D eigenvalue weighted by atomic mass is 10.1. The average Bonchev–Trinajstić information content (AvgIpc) is 3.53. The molecule has 4 rings (SSSR count). The number of phenolic OH excluding ortho intramolecular Hbond substituents is 1. The minimum absolute atomic E-state index is 0.0180. The monoisotopic (exact) mass is 373 g/mol. The Kier molecular flexibility index (Phi) is 4.82. The molecular weight excluding hydrogens is 350 g/mol. The molecule has 1 amide bonds. The summed E-state index contributed by atoms with van der Waals surface area (Å²) in [6.45, 7) is 4.36. The molecule has 0 spiro atoms. The van der Waals surface area contributed by atoms with Crippen LogP contribution >= 0.6 is 0 Å². The highest BCUT2D eigenvalue weighted by atomic mass is 16.3. The number of carbonyl (C=O) groups excluding carboxylic acids is 1. The first kappa shape index (κ1) is 18.2. The number of amides is 1. The van der Waals surface area contributed by atoms with E-state index in [1.54, 1.807) is 24.4 Å². The van der Waals surface area contributed by atoms with Gasteiger partial charge in [0.2, 0.25) is 0 Å². The number of rotatable bonds is 5. The first-order valence-electron chi connectivity index (χ1n) is 9.51. The van der Waals surface area contributed by atoms with E-state index in [0.29, 0.717) is 12.1 Å². The molecule has 28 heavy (non-hydrogen) atoms. The Morgan fingerprint density at radius 3 is 2.57 bits per heavy atom. The Morgan fingerprint density at radius 2 is 1.89 bits per heavy atom. The van der Waals surface area contributed by atoms with E-state index in [9.17, 15) is 9.90 Å². The molecule has 0 aliphatic heterocycles. The highest BCUT2D eigenvalue weighted by Crippen LogP contribution is 2.31. The van der Waals surface area contributed by atoms with Gasteiger partial charge in [-0.25, -0.2) is 4.98 Å². The SMILES string of the molecule is Cc1cnc(C)c(-c2ccc(C(=O)N(Cc3cccc(O)c3)C3CC3)cc2)n1. The molecule has 2 aromatic carbocycles. The second kappa shape index (κ2) is 7.43. The first-order chi connectivity index (χ1) is 13.5. The Bertz CT molecular complexity index is 1010. The summed E-state index contributed by atoms with van der Waals surface area (Å²) in [5.41, 5.74) is 5.13. The molecule has 0 radical (unpaired) electrons. The molecule has 0 bridgehead atoms. The largest absolute Gasteiger partial charge is 0.508 e. The Morgan fingerprint density at radius 1 is 1.14 bits per heavy atom. The van der Waals surface area contributed by atoms with E-state index in [2.05, 4.69) is 9.97 Å². The van der Waals surface area contributed by atoms with Gasteiger partial charge in [0.1, 0.15) is 5.75 Å². The molecule has 0 saturated heterocycles. The van der Waals surface area contributed by atoms with Crippen molar-refractivity contribution < 1.29 is 9.90 Å². The number of hydrogen-bond donors (Lipinski definition) is 1. The molecule has 1 fully saturated rings. The van der Waals surface area contributed by atoms with Crippen LogP contribution < -0.4 is 0 Å². The molecule has 0 atom stereocenters. The second-order valence-electron chi connectivity index (χ2n) is 7.36. The average molecular weight is 373 g/mol. The minimum Gasteiger partial charge on any atom is -0.508 e. The normalized spacial score (nSPS) is 13.4. The predicted molar refractivity (Wildman–Crippen MR) is 108 cm³/mol. The van der Waals surface area contributed by atoms with Gasteiger partial charge in [-0.1, -0.05) is 24.3 Å². The van der Waals surface area contributed by atoms with E-state index in [0.717, 1.165) is 41.1 Å². The van der Waals surface area contributed by atoms with Gasteiger partial charge in [0.15, 0.2) is 0 Å². The number of aromatic hydroxyl groups is 1. The molecular formula is C23H23N3O2. The highest BCUT2D eigenvalue weighted by Gasteiger charge is 2.33. The maximum Gasteiger partial charge on any atom is 0.254 e. The van der Waals surface area contributed by atoms with Gasteiger partial charge in [-0.05, 0) is 56.5 Å². The van der Waals surface area contributed by atoms with Gasteiger partial charge in [0.05, 0.1) is 17.1 Å². The van der Waals surface area contributed by atoms with Crippen molar-refractivity contribution in [2.75, 3.05) is 0 Å². The quantitative estimate of drug-likeness (QED) is 0.725. The second-order valence-corrected chi connectivity index (χ2v) is 7.36. The molecule has 1 saturated carbocycles. The lowest BCUT2D eigenvalue weighted by molar-refractivity contribution is 0.0730. The van der Waals surface area contributed by atoms with Gasteiger partial charge in [0.25, 0.3) is 5.91 Å². The van der Waals surface area contributed by atoms with Crippen LogP contribution in [0.4, 0.5) is 0 Å². The van der Waals surface area contributed by atoms with Crippen molar-refractivity contribution >= 4 is 5.91 Å². The summed E-state index contributed by atoms with van der Waals surface area (Å²) in [7, 11) is 0. The van der Waals surface area contributed by atoms with E-state index < -0.39 is 0 Å². The van der Waals surface area contributed by atoms with Crippen LogP contribution in [0.2, 0.25) is 0 Å². The number of benzene rings is 2. The lowest BCUT2D eigenvalue weighted by Gasteiger charge is -2.23. The van der Waals surface area contributed by atoms with Crippen molar-refractivity contribution in [3.05, 3.63) is 77.2 Å². The van der Waals surface area contributed by atoms with Crippen molar-refractivity contribution in [1.29, 1.82) is 0 Å². The van der Waals surface area contributed by atoms with E-state index in [1.807, 2.05) is 49.1 Å². The third-order valence-electron chi connectivity index (χ3n) is 4.99. The van der Waals surface area contributed by atoms with Crippen molar-refractivity contribution in [2.24, 2.45) is 0 Å². The molecule has 1 aliphatic rings. The Hall–Kier alpha value is -3.21. The van der Waals surface area contributed by atoms with Crippen LogP contribution in [0.1, 0.15) is 40.2 Å². The van der Waals surface area contributed by atoms with Crippen LogP contribution in [0.15, 0.2) is 54.7 Å². The number of hydrogen-bond acceptors (Lipinski definition) is 4. The minimum atomic E-state index is 0.0180. The summed E-state index contributed by atoms with van der Waals surface area (Å²) in [5, 5.41) is 9.70. The van der Waals surface area contributed by atoms with E-state index >= 15 is 0 Å². The van der Waals surface area contributed by atoms with Crippen LogP contribution in [0.3, 0.4) is 0 Å². The number of phenols is 1. The summed E-state index contributed by atoms with van der Waals surface area (Å²) < 4.78 is 0. The predicted octanol–water partition coefficient (Wildman–Crippen LogP) is 4.27. The van der Waals surface area contributed by atoms with E-state index in [1.165, 1.54) is 0 Å². The zero-order valence-corrected chi connectivity index (χ0v) is 16.1. The number of carbonyl (C=O) groups is 1. The maximum atomic E-state index is 13.1. The van der Waals surface area contributed by atoms with Gasteiger partial charge >= 0.3 is 0 Å². The molecule has 1 heterocycles. The number of nitrogens with zero attached hydrogens (tertiary/aromatic N) is 3. The summed E-state index contributed by atoms with van der Waals surface area (Å²) in [4.78, 5) is 24.0. The standard InChI is InChI=1S/C23H23N3O2/c1-15-13-24-16(2)22(25-15)18-6-8-19(9-7-18)23(28)26(20-10-11-20)14-17-4-3-5-21(27)12-17/h3-9,12-13,20,27H,10-11,14H2,1-2H3. The van der Waals surface area contributed by atoms with E-state index in [4.69, 9.17) is 0 Å². The molecule has 3 aromatic rings. The summed E-state index contributed by atoms with van der Waals surface area (Å²) in [5.74, 6) is 0.240. The zero-order chi connectivity index (χ0) is 19.7. The number of aryl methyl sites for hydroxylation is 2. The maximum absolute atomic E-state index is 13.1. The van der Waals surface area contributed by atoms with E-state index in [-0.39, 0.29) is 17.7 Å². The van der Waals surface area contributed by atoms with Crippen LogP contribution in [0, 0.1) is 13.8 Å².